The fraction of sp³-hybridized carbons (Fsp3) is 0.243. The van der Waals surface area contributed by atoms with Gasteiger partial charge in [0.15, 0.2) is 6.79 Å². The maximum Gasteiger partial charge on any atom is 0.261 e. The summed E-state index contributed by atoms with van der Waals surface area (Å²) in [6.45, 7) is 8.72. The van der Waals surface area contributed by atoms with Crippen LogP contribution in [0.25, 0.3) is 0 Å². The summed E-state index contributed by atoms with van der Waals surface area (Å²) in [6.07, 6.45) is 1.44. The van der Waals surface area contributed by atoms with Crippen molar-refractivity contribution in [3.63, 3.8) is 0 Å². The van der Waals surface area contributed by atoms with Gasteiger partial charge < -0.3 is 91.2 Å². The Morgan fingerprint density at radius 2 is 0.489 bits per heavy atom. The number of benzene rings is 14. The van der Waals surface area contributed by atoms with Crippen molar-refractivity contribution in [3.05, 3.63) is 391 Å². The normalized spacial score (nSPS) is 11.4. The third-order valence-electron chi connectivity index (χ3n) is 23.3. The second kappa shape index (κ2) is 44.3. The molecule has 14 aromatic rings. The van der Waals surface area contributed by atoms with Crippen LogP contribution in [0.3, 0.4) is 0 Å². The molecule has 19 nitrogen and oxygen atoms in total. The molecule has 14 aromatic carbocycles. The van der Waals surface area contributed by atoms with E-state index in [1.807, 2.05) is 182 Å². The zero-order valence-electron chi connectivity index (χ0n) is 76.2. The molecule has 0 aromatic heterocycles. The molecule has 0 amide bonds. The molecule has 0 atom stereocenters. The van der Waals surface area contributed by atoms with Crippen molar-refractivity contribution in [1.29, 1.82) is 0 Å². The molecule has 0 aliphatic carbocycles. The molecule has 676 valence electrons. The molecule has 0 aliphatic rings. The summed E-state index contributed by atoms with van der Waals surface area (Å²) in [7, 11) is 9.93. The summed E-state index contributed by atoms with van der Waals surface area (Å²) in [5.74, 6) is 6.53. The molecule has 0 saturated carbocycles. The van der Waals surface area contributed by atoms with E-state index in [0.717, 1.165) is 54.9 Å². The Bertz CT molecular complexity index is 6090. The fourth-order valence-electron chi connectivity index (χ4n) is 17.6. The summed E-state index contributed by atoms with van der Waals surface area (Å²) in [5.41, 5.74) is 14.3. The van der Waals surface area contributed by atoms with Crippen LogP contribution in [0, 0.1) is 0 Å². The topological polar surface area (TPSA) is 219 Å². The first-order valence-corrected chi connectivity index (χ1v) is 45.6. The minimum atomic E-state index is -3.08. The Labute approximate surface area is 768 Å². The van der Waals surface area contributed by atoms with Crippen LogP contribution in [0.1, 0.15) is 126 Å². The molecule has 0 spiro atoms. The fourth-order valence-corrected chi connectivity index (χ4v) is 22.1. The van der Waals surface area contributed by atoms with E-state index < -0.39 is 8.32 Å². The van der Waals surface area contributed by atoms with Gasteiger partial charge in [-0.25, -0.2) is 0 Å². The predicted molar refractivity (Wildman–Crippen MR) is 513 cm³/mol. The van der Waals surface area contributed by atoms with Gasteiger partial charge in [-0.15, -0.1) is 0 Å². The van der Waals surface area contributed by atoms with Gasteiger partial charge in [-0.3, -0.25) is 0 Å². The van der Waals surface area contributed by atoms with Crippen molar-refractivity contribution in [2.45, 2.75) is 104 Å². The average Bonchev–Trinajstić information content (AvgIpc) is 0.742. The summed E-state index contributed by atoms with van der Waals surface area (Å²) < 4.78 is 96.8. The average molecular weight is 1780 g/mol. The van der Waals surface area contributed by atoms with Crippen LogP contribution >= 0.6 is 0 Å². The van der Waals surface area contributed by atoms with Gasteiger partial charge in [0.25, 0.3) is 8.32 Å². The van der Waals surface area contributed by atoms with Crippen molar-refractivity contribution >= 4 is 18.7 Å². The predicted octanol–water partition coefficient (Wildman–Crippen LogP) is 21.1. The first-order chi connectivity index (χ1) is 63.8. The molecule has 131 heavy (non-hydrogen) atoms. The number of methoxy groups -OCH3 is 8. The number of aromatic hydroxyl groups is 4. The van der Waals surface area contributed by atoms with E-state index in [1.54, 1.807) is 111 Å². The maximum atomic E-state index is 12.2. The Kier molecular flexibility index (Phi) is 31.5. The van der Waals surface area contributed by atoms with E-state index >= 15 is 0 Å². The van der Waals surface area contributed by atoms with Gasteiger partial charge in [-0.05, 0) is 141 Å². The molecular weight excluding hydrogens is 1670 g/mol. The van der Waals surface area contributed by atoms with Crippen LogP contribution in [0.2, 0.25) is 5.04 Å². The minimum Gasteiger partial charge on any atom is -0.508 e. The lowest BCUT2D eigenvalue weighted by atomic mass is 9.91. The lowest BCUT2D eigenvalue weighted by Crippen LogP contribution is -2.66. The van der Waals surface area contributed by atoms with Crippen molar-refractivity contribution in [2.75, 3.05) is 76.9 Å². The van der Waals surface area contributed by atoms with E-state index in [2.05, 4.69) is 69.3 Å². The number of phenols is 4. The summed E-state index contributed by atoms with van der Waals surface area (Å²) in [5, 5.41) is 49.1. The Hall–Kier alpha value is -14.0. The van der Waals surface area contributed by atoms with Gasteiger partial charge in [-0.2, -0.15) is 0 Å². The van der Waals surface area contributed by atoms with E-state index in [-0.39, 0.29) is 106 Å². The van der Waals surface area contributed by atoms with Crippen molar-refractivity contribution in [1.82, 2.24) is 0 Å². The number of rotatable bonds is 44. The second-order valence-electron chi connectivity index (χ2n) is 33.2. The van der Waals surface area contributed by atoms with Gasteiger partial charge >= 0.3 is 0 Å². The van der Waals surface area contributed by atoms with Crippen LogP contribution in [-0.4, -0.2) is 106 Å². The molecule has 0 fully saturated rings. The molecule has 4 N–H and O–H groups in total. The highest BCUT2D eigenvalue weighted by atomic mass is 28.4. The first-order valence-electron chi connectivity index (χ1n) is 43.7. The van der Waals surface area contributed by atoms with Gasteiger partial charge in [0.1, 0.15) is 118 Å². The van der Waals surface area contributed by atoms with E-state index in [9.17, 15) is 20.4 Å². The monoisotopic (exact) mass is 1780 g/mol. The van der Waals surface area contributed by atoms with Crippen molar-refractivity contribution < 1.29 is 91.2 Å². The van der Waals surface area contributed by atoms with Crippen LogP contribution in [0.5, 0.6) is 92.0 Å². The van der Waals surface area contributed by atoms with E-state index in [0.29, 0.717) is 150 Å². The molecule has 20 heteroatoms. The van der Waals surface area contributed by atoms with Gasteiger partial charge in [0.05, 0.1) is 69.6 Å². The Morgan fingerprint density at radius 3 is 0.756 bits per heavy atom. The molecule has 0 aliphatic heterocycles. The number of hydrogen-bond donors (Lipinski definition) is 4. The minimum absolute atomic E-state index is 0.0107. The molecule has 0 unspecified atom stereocenters. The van der Waals surface area contributed by atoms with Crippen LogP contribution < -0.4 is 67.2 Å². The van der Waals surface area contributed by atoms with Crippen molar-refractivity contribution in [2.24, 2.45) is 0 Å². The summed E-state index contributed by atoms with van der Waals surface area (Å²) in [6, 6.07) is 91.8. The Morgan fingerprint density at radius 1 is 0.244 bits per heavy atom. The number of ether oxygens (including phenoxy) is 14. The largest absolute Gasteiger partial charge is 0.508 e. The highest BCUT2D eigenvalue weighted by Crippen LogP contribution is 2.47. The van der Waals surface area contributed by atoms with Gasteiger partial charge in [0.2, 0.25) is 0 Å². The lowest BCUT2D eigenvalue weighted by molar-refractivity contribution is -0.00885. The van der Waals surface area contributed by atoms with Gasteiger partial charge in [0, 0.05) is 136 Å². The molecular formula is C111H114O19Si. The zero-order valence-corrected chi connectivity index (χ0v) is 77.2. The molecule has 0 radical (unpaired) electrons. The second-order valence-corrected chi connectivity index (χ2v) is 37.5. The SMILES string of the molecule is COCCOCOc1ccc(O)cc1Cc1cc(OCc2ccccc2)cc(Cc2cc(O)cc(Cc3cc(OCc4ccccc4)cc(Cc4cc(O)cc(Cc5cc(OCc6ccccc6)cc(Cc6cc(O)cc(Cc7cc(OCc8ccccc8)cc(CO[Si](c8ccccc8)(c8ccccc8)C(C)(C)C)c7OC)c6OC)c5OC)c4OC)c3OC)c2OC)c1OC. The maximum absolute atomic E-state index is 12.2. The third kappa shape index (κ3) is 23.2. The first kappa shape index (κ1) is 93.1. The smallest absolute Gasteiger partial charge is 0.261 e. The number of hydrogen-bond acceptors (Lipinski definition) is 19. The third-order valence-corrected chi connectivity index (χ3v) is 28.3. The van der Waals surface area contributed by atoms with Crippen molar-refractivity contribution in [3.8, 4) is 92.0 Å². The molecule has 14 rings (SSSR count). The Balaban J connectivity index is 0.811. The van der Waals surface area contributed by atoms with Crippen LogP contribution in [0.4, 0.5) is 0 Å². The summed E-state index contributed by atoms with van der Waals surface area (Å²) in [4.78, 5) is 0. The van der Waals surface area contributed by atoms with Crippen LogP contribution in [0.15, 0.2) is 285 Å². The summed E-state index contributed by atoms with van der Waals surface area (Å²) >= 11 is 0. The molecule has 0 bridgehead atoms. The quantitative estimate of drug-likeness (QED) is 0.0158. The van der Waals surface area contributed by atoms with Crippen LogP contribution in [-0.2, 0) is 91.9 Å². The highest BCUT2D eigenvalue weighted by Gasteiger charge is 2.50. The molecule has 0 saturated heterocycles. The molecule has 0 heterocycles. The lowest BCUT2D eigenvalue weighted by Gasteiger charge is -2.43. The van der Waals surface area contributed by atoms with E-state index in [1.165, 1.54) is 0 Å². The highest BCUT2D eigenvalue weighted by molar-refractivity contribution is 6.99. The standard InChI is InChI=1S/C111H114O19Si/c1-111(2,3)131(101-38-26-16-27-39-101,102-40-28-17-29-41-102)130-72-92-67-100(128-71-77-36-24-15-25-37-77)66-91(110(92)123-11)52-84-59-96(115)58-83(106(84)119-7)51-90-65-99(127-70-76-34-22-14-23-35-76)64-89(109(90)122-10)50-82-57-95(114)56-81(105(82)118-6)49-88-63-98(126-69-75-32-20-13-21-33-75)62-87(108(88)121-9)48-80-55-94(113)54-79(104(80)117-5)47-86-61-97(125-68-74-30-18-12-19-31-74)60-85(107(86)120-8)46-78-53-93(112)42-43-103(78)129-73-124-45-44-116-4/h12-43,53-67,112-115H,44-52,68-73H2,1-11H3. The van der Waals surface area contributed by atoms with E-state index in [4.69, 9.17) is 70.7 Å². The van der Waals surface area contributed by atoms with Gasteiger partial charge in [-0.1, -0.05) is 203 Å². The zero-order chi connectivity index (χ0) is 91.8. The number of phenolic OH excluding ortho intramolecular Hbond substituents is 4.